The molecule has 0 radical (unpaired) electrons. The summed E-state index contributed by atoms with van der Waals surface area (Å²) < 4.78 is 11.7. The zero-order valence-electron chi connectivity index (χ0n) is 11.4. The SMILES string of the molecule is COc1ccc(C(=O)N2CC(C)OC(CBr)C2)cc1Br. The van der Waals surface area contributed by atoms with Gasteiger partial charge in [-0.3, -0.25) is 4.79 Å². The first-order valence-corrected chi connectivity index (χ1v) is 8.30. The van der Waals surface area contributed by atoms with Crippen LogP contribution in [0.15, 0.2) is 22.7 Å². The summed E-state index contributed by atoms with van der Waals surface area (Å²) in [5, 5.41) is 0.730. The van der Waals surface area contributed by atoms with Crippen molar-refractivity contribution >= 4 is 37.8 Å². The molecule has 1 saturated heterocycles. The number of carbonyl (C=O) groups excluding carboxylic acids is 1. The van der Waals surface area contributed by atoms with Crippen molar-refractivity contribution < 1.29 is 14.3 Å². The van der Waals surface area contributed by atoms with E-state index in [0.717, 1.165) is 15.6 Å². The average Bonchev–Trinajstić information content (AvgIpc) is 2.45. The lowest BCUT2D eigenvalue weighted by atomic mass is 10.1. The number of hydrogen-bond donors (Lipinski definition) is 0. The molecule has 0 bridgehead atoms. The molecule has 0 spiro atoms. The van der Waals surface area contributed by atoms with Crippen molar-refractivity contribution in [3.63, 3.8) is 0 Å². The number of amides is 1. The number of halogens is 2. The fraction of sp³-hybridized carbons (Fsp3) is 0.500. The molecule has 1 aliphatic rings. The van der Waals surface area contributed by atoms with Crippen LogP contribution in [0.25, 0.3) is 0 Å². The van der Waals surface area contributed by atoms with Crippen LogP contribution in [0.1, 0.15) is 17.3 Å². The number of ether oxygens (including phenoxy) is 2. The van der Waals surface area contributed by atoms with E-state index in [2.05, 4.69) is 31.9 Å². The number of benzene rings is 1. The normalized spacial score (nSPS) is 22.7. The Bertz CT molecular complexity index is 495. The van der Waals surface area contributed by atoms with Crippen LogP contribution in [-0.2, 0) is 4.74 Å². The fourth-order valence-corrected chi connectivity index (χ4v) is 3.18. The van der Waals surface area contributed by atoms with Gasteiger partial charge in [0.05, 0.1) is 23.8 Å². The Morgan fingerprint density at radius 2 is 2.25 bits per heavy atom. The largest absolute Gasteiger partial charge is 0.496 e. The zero-order valence-corrected chi connectivity index (χ0v) is 14.6. The van der Waals surface area contributed by atoms with Crippen molar-refractivity contribution in [3.05, 3.63) is 28.2 Å². The highest BCUT2D eigenvalue weighted by Gasteiger charge is 2.28. The number of methoxy groups -OCH3 is 1. The smallest absolute Gasteiger partial charge is 0.254 e. The van der Waals surface area contributed by atoms with E-state index in [4.69, 9.17) is 9.47 Å². The Balaban J connectivity index is 2.16. The van der Waals surface area contributed by atoms with E-state index in [-0.39, 0.29) is 18.1 Å². The van der Waals surface area contributed by atoms with Crippen LogP contribution in [0.4, 0.5) is 0 Å². The van der Waals surface area contributed by atoms with Gasteiger partial charge in [0.15, 0.2) is 0 Å². The summed E-state index contributed by atoms with van der Waals surface area (Å²) >= 11 is 6.82. The minimum Gasteiger partial charge on any atom is -0.496 e. The number of hydrogen-bond acceptors (Lipinski definition) is 3. The van der Waals surface area contributed by atoms with E-state index in [1.54, 1.807) is 25.3 Å². The van der Waals surface area contributed by atoms with Crippen molar-refractivity contribution in [2.24, 2.45) is 0 Å². The average molecular weight is 407 g/mol. The van der Waals surface area contributed by atoms with Crippen LogP contribution >= 0.6 is 31.9 Å². The molecular formula is C14H17Br2NO3. The van der Waals surface area contributed by atoms with Gasteiger partial charge in [0.25, 0.3) is 5.91 Å². The molecule has 20 heavy (non-hydrogen) atoms. The molecule has 1 amide bonds. The predicted molar refractivity (Wildman–Crippen MR) is 84.7 cm³/mol. The molecule has 1 aliphatic heterocycles. The Kier molecular flexibility index (Phi) is 5.46. The Morgan fingerprint density at radius 3 is 2.85 bits per heavy atom. The first kappa shape index (κ1) is 15.8. The van der Waals surface area contributed by atoms with E-state index in [9.17, 15) is 4.79 Å². The van der Waals surface area contributed by atoms with Gasteiger partial charge in [0, 0.05) is 24.0 Å². The quantitative estimate of drug-likeness (QED) is 0.724. The van der Waals surface area contributed by atoms with E-state index in [1.807, 2.05) is 11.8 Å². The van der Waals surface area contributed by atoms with Gasteiger partial charge in [0.2, 0.25) is 0 Å². The second-order valence-corrected chi connectivity index (χ2v) is 6.28. The maximum Gasteiger partial charge on any atom is 0.254 e. The molecule has 2 unspecified atom stereocenters. The van der Waals surface area contributed by atoms with E-state index in [0.29, 0.717) is 18.7 Å². The zero-order chi connectivity index (χ0) is 14.7. The predicted octanol–water partition coefficient (Wildman–Crippen LogP) is 3.08. The summed E-state index contributed by atoms with van der Waals surface area (Å²) in [6.07, 6.45) is 0.0985. The highest BCUT2D eigenvalue weighted by atomic mass is 79.9. The molecule has 0 aromatic heterocycles. The number of morpholine rings is 1. The van der Waals surface area contributed by atoms with Crippen molar-refractivity contribution in [3.8, 4) is 5.75 Å². The minimum absolute atomic E-state index is 0.0226. The number of rotatable bonds is 3. The van der Waals surface area contributed by atoms with Crippen LogP contribution in [0.2, 0.25) is 0 Å². The molecule has 0 aliphatic carbocycles. The summed E-state index contributed by atoms with van der Waals surface area (Å²) in [5.41, 5.74) is 0.653. The lowest BCUT2D eigenvalue weighted by Crippen LogP contribution is -2.49. The van der Waals surface area contributed by atoms with Crippen molar-refractivity contribution in [1.82, 2.24) is 4.90 Å². The molecular weight excluding hydrogens is 390 g/mol. The minimum atomic E-state index is 0.0226. The van der Waals surface area contributed by atoms with Crippen LogP contribution in [-0.4, -0.2) is 48.5 Å². The lowest BCUT2D eigenvalue weighted by molar-refractivity contribution is -0.0559. The van der Waals surface area contributed by atoms with E-state index in [1.165, 1.54) is 0 Å². The molecule has 4 nitrogen and oxygen atoms in total. The monoisotopic (exact) mass is 405 g/mol. The Labute approximate surface area is 135 Å². The number of carbonyl (C=O) groups is 1. The van der Waals surface area contributed by atoms with Crippen LogP contribution in [0, 0.1) is 0 Å². The highest BCUT2D eigenvalue weighted by molar-refractivity contribution is 9.10. The topological polar surface area (TPSA) is 38.8 Å². The maximum absolute atomic E-state index is 12.6. The molecule has 1 aromatic rings. The van der Waals surface area contributed by atoms with Crippen molar-refractivity contribution in [1.29, 1.82) is 0 Å². The van der Waals surface area contributed by atoms with Crippen molar-refractivity contribution in [2.45, 2.75) is 19.1 Å². The van der Waals surface area contributed by atoms with E-state index >= 15 is 0 Å². The first-order chi connectivity index (χ1) is 9.55. The molecule has 110 valence electrons. The molecule has 2 atom stereocenters. The second-order valence-electron chi connectivity index (χ2n) is 4.78. The summed E-state index contributed by atoms with van der Waals surface area (Å²) in [5.74, 6) is 0.740. The molecule has 1 heterocycles. The molecule has 1 fully saturated rings. The van der Waals surface area contributed by atoms with Gasteiger partial charge in [-0.2, -0.15) is 0 Å². The molecule has 6 heteroatoms. The maximum atomic E-state index is 12.6. The standard InChI is InChI=1S/C14H17Br2NO3/c1-9-7-17(8-11(6-15)20-9)14(18)10-3-4-13(19-2)12(16)5-10/h3-5,9,11H,6-8H2,1-2H3. The highest BCUT2D eigenvalue weighted by Crippen LogP contribution is 2.26. The van der Waals surface area contributed by atoms with Gasteiger partial charge in [-0.25, -0.2) is 0 Å². The fourth-order valence-electron chi connectivity index (χ4n) is 2.28. The van der Waals surface area contributed by atoms with Crippen LogP contribution < -0.4 is 4.74 Å². The molecule has 1 aromatic carbocycles. The lowest BCUT2D eigenvalue weighted by Gasteiger charge is -2.36. The van der Waals surface area contributed by atoms with Gasteiger partial charge in [-0.05, 0) is 41.1 Å². The van der Waals surface area contributed by atoms with Gasteiger partial charge in [-0.15, -0.1) is 0 Å². The Hall–Kier alpha value is -0.590. The molecule has 2 rings (SSSR count). The molecule has 0 N–H and O–H groups in total. The number of alkyl halides is 1. The Morgan fingerprint density at radius 1 is 1.50 bits per heavy atom. The molecule has 0 saturated carbocycles. The van der Waals surface area contributed by atoms with Crippen LogP contribution in [0.5, 0.6) is 5.75 Å². The van der Waals surface area contributed by atoms with Gasteiger partial charge >= 0.3 is 0 Å². The summed E-state index contributed by atoms with van der Waals surface area (Å²) in [7, 11) is 1.60. The first-order valence-electron chi connectivity index (χ1n) is 6.39. The summed E-state index contributed by atoms with van der Waals surface area (Å²) in [4.78, 5) is 14.4. The van der Waals surface area contributed by atoms with Gasteiger partial charge in [0.1, 0.15) is 5.75 Å². The third-order valence-corrected chi connectivity index (χ3v) is 4.53. The van der Waals surface area contributed by atoms with Gasteiger partial charge < -0.3 is 14.4 Å². The third-order valence-electron chi connectivity index (χ3n) is 3.18. The second kappa shape index (κ2) is 6.91. The summed E-state index contributed by atoms with van der Waals surface area (Å²) in [6.45, 7) is 3.21. The van der Waals surface area contributed by atoms with E-state index < -0.39 is 0 Å². The van der Waals surface area contributed by atoms with Crippen molar-refractivity contribution in [2.75, 3.05) is 25.5 Å². The summed E-state index contributed by atoms with van der Waals surface area (Å²) in [6, 6.07) is 5.38. The van der Waals surface area contributed by atoms with Gasteiger partial charge in [-0.1, -0.05) is 15.9 Å². The number of nitrogens with zero attached hydrogens (tertiary/aromatic N) is 1. The van der Waals surface area contributed by atoms with Crippen LogP contribution in [0.3, 0.4) is 0 Å². The third kappa shape index (κ3) is 3.54.